The first kappa shape index (κ1) is 8.54. The fourth-order valence-electron chi connectivity index (χ4n) is 2.05. The van der Waals surface area contributed by atoms with E-state index < -0.39 is 0 Å². The lowest BCUT2D eigenvalue weighted by atomic mass is 9.83. The molecule has 0 aromatic carbocycles. The molecular weight excluding hydrogens is 162 g/mol. The smallest absolute Gasteiger partial charge is 0.219 e. The van der Waals surface area contributed by atoms with Crippen molar-refractivity contribution in [2.45, 2.75) is 13.3 Å². The minimum absolute atomic E-state index is 0.199. The van der Waals surface area contributed by atoms with Crippen LogP contribution in [-0.4, -0.2) is 23.9 Å². The quantitative estimate of drug-likeness (QED) is 0.546. The van der Waals surface area contributed by atoms with Gasteiger partial charge in [-0.15, -0.1) is 0 Å². The lowest BCUT2D eigenvalue weighted by Crippen LogP contribution is -2.42. The number of fused-ring (bicyclic) bond motifs is 1. The van der Waals surface area contributed by atoms with E-state index in [0.29, 0.717) is 11.8 Å². The van der Waals surface area contributed by atoms with Gasteiger partial charge in [0.2, 0.25) is 5.91 Å². The molecule has 1 heterocycles. The first-order chi connectivity index (χ1) is 6.27. The molecule has 0 aromatic heterocycles. The number of nitrogens with zero attached hydrogens (tertiary/aromatic N) is 1. The van der Waals surface area contributed by atoms with Crippen LogP contribution in [0, 0.1) is 17.9 Å². The summed E-state index contributed by atoms with van der Waals surface area (Å²) < 4.78 is 0. The van der Waals surface area contributed by atoms with Gasteiger partial charge < -0.3 is 4.90 Å². The van der Waals surface area contributed by atoms with E-state index in [2.05, 4.69) is 18.2 Å². The summed E-state index contributed by atoms with van der Waals surface area (Å²) in [4.78, 5) is 13.1. The molecule has 1 fully saturated rings. The second-order valence-corrected chi connectivity index (χ2v) is 3.77. The van der Waals surface area contributed by atoms with Crippen LogP contribution in [0.1, 0.15) is 13.3 Å². The molecule has 2 atom stereocenters. The van der Waals surface area contributed by atoms with Crippen LogP contribution in [0.2, 0.25) is 0 Å². The zero-order valence-corrected chi connectivity index (χ0v) is 7.86. The topological polar surface area (TPSA) is 20.3 Å². The summed E-state index contributed by atoms with van der Waals surface area (Å²) in [6, 6.07) is 0. The van der Waals surface area contributed by atoms with Crippen molar-refractivity contribution in [1.82, 2.24) is 4.90 Å². The van der Waals surface area contributed by atoms with E-state index in [1.54, 1.807) is 6.92 Å². The minimum atomic E-state index is 0.199. The largest absolute Gasteiger partial charge is 0.342 e. The van der Waals surface area contributed by atoms with Crippen LogP contribution in [0.5, 0.6) is 0 Å². The summed E-state index contributed by atoms with van der Waals surface area (Å²) >= 11 is 0. The Labute approximate surface area is 78.9 Å². The second-order valence-electron chi connectivity index (χ2n) is 3.77. The Morgan fingerprint density at radius 2 is 2.38 bits per heavy atom. The van der Waals surface area contributed by atoms with Gasteiger partial charge >= 0.3 is 0 Å². The van der Waals surface area contributed by atoms with Gasteiger partial charge in [0.1, 0.15) is 0 Å². The Morgan fingerprint density at radius 3 is 3.15 bits per heavy atom. The van der Waals surface area contributed by atoms with E-state index in [0.717, 1.165) is 19.5 Å². The fourth-order valence-corrected chi connectivity index (χ4v) is 2.05. The molecule has 69 valence electrons. The van der Waals surface area contributed by atoms with E-state index >= 15 is 0 Å². The van der Waals surface area contributed by atoms with Gasteiger partial charge in [-0.2, -0.15) is 0 Å². The van der Waals surface area contributed by atoms with E-state index in [-0.39, 0.29) is 5.91 Å². The highest BCUT2D eigenvalue weighted by Gasteiger charge is 2.27. The van der Waals surface area contributed by atoms with Crippen LogP contribution in [0.25, 0.3) is 0 Å². The molecule has 0 aromatic rings. The van der Waals surface area contributed by atoms with Crippen LogP contribution in [0.15, 0.2) is 18.2 Å². The third kappa shape index (κ3) is 1.67. The normalized spacial score (nSPS) is 31.6. The molecule has 1 saturated heterocycles. The highest BCUT2D eigenvalue weighted by molar-refractivity contribution is 5.73. The predicted molar refractivity (Wildman–Crippen MR) is 50.8 cm³/mol. The van der Waals surface area contributed by atoms with Crippen LogP contribution >= 0.6 is 0 Å². The summed E-state index contributed by atoms with van der Waals surface area (Å²) in [6.45, 7) is 3.44. The number of piperidine rings is 1. The predicted octanol–water partition coefficient (Wildman–Crippen LogP) is 1.40. The molecule has 2 unspecified atom stereocenters. The van der Waals surface area contributed by atoms with Gasteiger partial charge in [-0.05, 0) is 18.4 Å². The maximum Gasteiger partial charge on any atom is 0.219 e. The molecule has 1 aliphatic carbocycles. The molecule has 2 heteroatoms. The zero-order valence-electron chi connectivity index (χ0n) is 7.86. The summed E-state index contributed by atoms with van der Waals surface area (Å²) in [6.07, 6.45) is 10.5. The van der Waals surface area contributed by atoms with Gasteiger partial charge in [0, 0.05) is 25.9 Å². The monoisotopic (exact) mass is 176 g/mol. The molecular formula is C11H14NO. The Morgan fingerprint density at radius 1 is 1.54 bits per heavy atom. The van der Waals surface area contributed by atoms with Crippen molar-refractivity contribution in [3.05, 3.63) is 24.3 Å². The molecule has 2 rings (SSSR count). The number of rotatable bonds is 0. The number of amides is 1. The van der Waals surface area contributed by atoms with Gasteiger partial charge in [0.15, 0.2) is 0 Å². The summed E-state index contributed by atoms with van der Waals surface area (Å²) in [7, 11) is 0. The summed E-state index contributed by atoms with van der Waals surface area (Å²) in [5.41, 5.74) is 0. The second kappa shape index (κ2) is 3.36. The van der Waals surface area contributed by atoms with Crippen molar-refractivity contribution >= 4 is 5.91 Å². The van der Waals surface area contributed by atoms with Crippen molar-refractivity contribution in [3.63, 3.8) is 0 Å². The SMILES string of the molecule is CC(=O)N1CCC2C=[C]C=CC2C1. The van der Waals surface area contributed by atoms with Crippen molar-refractivity contribution in [2.75, 3.05) is 13.1 Å². The Hall–Kier alpha value is -1.05. The van der Waals surface area contributed by atoms with E-state index in [1.165, 1.54) is 0 Å². The molecule has 0 saturated carbocycles. The molecule has 2 aliphatic rings. The Kier molecular flexibility index (Phi) is 2.21. The summed E-state index contributed by atoms with van der Waals surface area (Å²) in [5, 5.41) is 0. The molecule has 2 nitrogen and oxygen atoms in total. The standard InChI is InChI=1S/C11H14NO/c1-9(13)12-7-6-10-4-2-3-5-11(10)8-12/h3-5,10-11H,6-8H2,1H3. The number of allylic oxidation sites excluding steroid dienone is 3. The van der Waals surface area contributed by atoms with Crippen LogP contribution in [0.4, 0.5) is 0 Å². The molecule has 1 radical (unpaired) electrons. The van der Waals surface area contributed by atoms with Gasteiger partial charge in [0.05, 0.1) is 0 Å². The average molecular weight is 176 g/mol. The average Bonchev–Trinajstić information content (AvgIpc) is 2.17. The lowest BCUT2D eigenvalue weighted by molar-refractivity contribution is -0.130. The van der Waals surface area contributed by atoms with Crippen LogP contribution in [0.3, 0.4) is 0 Å². The highest BCUT2D eigenvalue weighted by Crippen LogP contribution is 2.28. The molecule has 0 bridgehead atoms. The third-order valence-electron chi connectivity index (χ3n) is 2.91. The van der Waals surface area contributed by atoms with Crippen molar-refractivity contribution < 1.29 is 4.79 Å². The number of hydrogen-bond acceptors (Lipinski definition) is 1. The number of likely N-dealkylation sites (tertiary alicyclic amines) is 1. The highest BCUT2D eigenvalue weighted by atomic mass is 16.2. The Balaban J connectivity index is 2.04. The Bertz CT molecular complexity index is 267. The molecule has 0 spiro atoms. The van der Waals surface area contributed by atoms with Gasteiger partial charge in [-0.3, -0.25) is 4.79 Å². The first-order valence-electron chi connectivity index (χ1n) is 4.79. The third-order valence-corrected chi connectivity index (χ3v) is 2.91. The van der Waals surface area contributed by atoms with Crippen molar-refractivity contribution in [1.29, 1.82) is 0 Å². The van der Waals surface area contributed by atoms with E-state index in [4.69, 9.17) is 0 Å². The maximum atomic E-state index is 11.1. The van der Waals surface area contributed by atoms with Crippen molar-refractivity contribution in [2.24, 2.45) is 11.8 Å². The molecule has 0 N–H and O–H groups in total. The zero-order chi connectivity index (χ0) is 9.26. The lowest BCUT2D eigenvalue weighted by Gasteiger charge is -2.36. The van der Waals surface area contributed by atoms with Gasteiger partial charge in [0.25, 0.3) is 0 Å². The first-order valence-corrected chi connectivity index (χ1v) is 4.79. The van der Waals surface area contributed by atoms with Gasteiger partial charge in [-0.1, -0.05) is 18.2 Å². The van der Waals surface area contributed by atoms with Crippen LogP contribution in [-0.2, 0) is 4.79 Å². The van der Waals surface area contributed by atoms with Crippen LogP contribution < -0.4 is 0 Å². The maximum absolute atomic E-state index is 11.1. The minimum Gasteiger partial charge on any atom is -0.342 e. The van der Waals surface area contributed by atoms with Gasteiger partial charge in [-0.25, -0.2) is 0 Å². The number of hydrogen-bond donors (Lipinski definition) is 0. The number of carbonyl (C=O) groups excluding carboxylic acids is 1. The van der Waals surface area contributed by atoms with Crippen molar-refractivity contribution in [3.8, 4) is 0 Å². The molecule has 13 heavy (non-hydrogen) atoms. The fraction of sp³-hybridized carbons (Fsp3) is 0.545. The van der Waals surface area contributed by atoms with E-state index in [1.807, 2.05) is 11.0 Å². The number of carbonyl (C=O) groups is 1. The molecule has 1 amide bonds. The summed E-state index contributed by atoms with van der Waals surface area (Å²) in [5.74, 6) is 1.34. The molecule has 1 aliphatic heterocycles. The van der Waals surface area contributed by atoms with E-state index in [9.17, 15) is 4.79 Å².